The van der Waals surface area contributed by atoms with Crippen LogP contribution in [-0.4, -0.2) is 34.3 Å². The Morgan fingerprint density at radius 3 is 2.63 bits per heavy atom. The molecule has 3 atom stereocenters. The largest absolute Gasteiger partial charge is 0.507 e. The second-order valence-corrected chi connectivity index (χ2v) is 9.44. The van der Waals surface area contributed by atoms with Gasteiger partial charge in [-0.3, -0.25) is 0 Å². The molecule has 1 aliphatic carbocycles. The molecule has 0 aliphatic heterocycles. The van der Waals surface area contributed by atoms with Gasteiger partial charge in [-0.1, -0.05) is 54.4 Å². The third-order valence-electron chi connectivity index (χ3n) is 6.50. The fraction of sp³-hybridized carbons (Fsp3) is 0.542. The Kier molecular flexibility index (Phi) is 7.64. The summed E-state index contributed by atoms with van der Waals surface area (Å²) < 4.78 is 5.44. The van der Waals surface area contributed by atoms with Crippen molar-refractivity contribution in [2.45, 2.75) is 65.9 Å². The van der Waals surface area contributed by atoms with E-state index in [1.165, 1.54) is 13.3 Å². The van der Waals surface area contributed by atoms with E-state index in [-0.39, 0.29) is 11.2 Å². The Hall–Kier alpha value is -1.98. The molecule has 0 heterocycles. The lowest BCUT2D eigenvalue weighted by Crippen LogP contribution is -2.41. The molecule has 2 rings (SSSR count). The molecule has 1 saturated carbocycles. The van der Waals surface area contributed by atoms with Gasteiger partial charge >= 0.3 is 0 Å². The summed E-state index contributed by atoms with van der Waals surface area (Å²) in [4.78, 5) is 0. The second kappa shape index (κ2) is 9.44. The first-order chi connectivity index (χ1) is 14.0. The van der Waals surface area contributed by atoms with Crippen molar-refractivity contribution >= 4 is 17.8 Å². The van der Waals surface area contributed by atoms with Crippen LogP contribution in [0.15, 0.2) is 29.0 Å². The van der Waals surface area contributed by atoms with Crippen LogP contribution in [0.4, 0.5) is 0 Å². The summed E-state index contributed by atoms with van der Waals surface area (Å²) in [7, 11) is 1.51. The van der Waals surface area contributed by atoms with E-state index >= 15 is 0 Å². The topological polar surface area (TPSA) is 82.3 Å². The molecule has 30 heavy (non-hydrogen) atoms. The molecule has 1 aliphatic rings. The van der Waals surface area contributed by atoms with Crippen LogP contribution < -0.4 is 4.74 Å². The molecule has 0 unspecified atom stereocenters. The predicted molar refractivity (Wildman–Crippen MR) is 122 cm³/mol. The molecule has 6 heteroatoms. The van der Waals surface area contributed by atoms with Gasteiger partial charge in [-0.25, -0.2) is 0 Å². The molecule has 0 bridgehead atoms. The molecule has 0 saturated heterocycles. The highest BCUT2D eigenvalue weighted by Gasteiger charge is 2.40. The Balaban J connectivity index is 2.32. The third kappa shape index (κ3) is 5.19. The van der Waals surface area contributed by atoms with Gasteiger partial charge in [-0.05, 0) is 63.4 Å². The number of allylic oxidation sites excluding steroid dienone is 4. The monoisotopic (exact) mass is 435 g/mol. The van der Waals surface area contributed by atoms with E-state index in [1.54, 1.807) is 6.92 Å². The van der Waals surface area contributed by atoms with E-state index in [0.717, 1.165) is 24.8 Å². The van der Waals surface area contributed by atoms with Gasteiger partial charge in [0, 0.05) is 11.1 Å². The number of halogens is 1. The SMILES string of the molecule is COc1c(Cl)c(C)c(/C=N/O)c(O)c1C/C=C(C)/C=C/[C@]1(C)C[C@@](C)(O)CC[C@H]1C. The minimum absolute atomic E-state index is 0.0107. The van der Waals surface area contributed by atoms with Crippen LogP contribution in [-0.2, 0) is 6.42 Å². The summed E-state index contributed by atoms with van der Waals surface area (Å²) in [6, 6.07) is 0. The number of phenolic OH excluding ortho intramolecular Hbond substituents is 1. The summed E-state index contributed by atoms with van der Waals surface area (Å²) in [6.45, 7) is 10.1. The van der Waals surface area contributed by atoms with Crippen molar-refractivity contribution in [2.75, 3.05) is 7.11 Å². The van der Waals surface area contributed by atoms with Gasteiger partial charge in [0.25, 0.3) is 0 Å². The summed E-state index contributed by atoms with van der Waals surface area (Å²) in [5.41, 5.74) is 1.81. The lowest BCUT2D eigenvalue weighted by Gasteiger charge is -2.44. The number of oxime groups is 1. The first kappa shape index (κ1) is 24.3. The number of phenols is 1. The molecule has 5 nitrogen and oxygen atoms in total. The molecular formula is C24H34ClNO4. The molecular weight excluding hydrogens is 402 g/mol. The van der Waals surface area contributed by atoms with Crippen LogP contribution in [0.3, 0.4) is 0 Å². The molecule has 3 N–H and O–H groups in total. The summed E-state index contributed by atoms with van der Waals surface area (Å²) in [6.07, 6.45) is 10.4. The van der Waals surface area contributed by atoms with E-state index in [4.69, 9.17) is 21.5 Å². The molecule has 1 aromatic rings. The molecule has 0 amide bonds. The average Bonchev–Trinajstić information content (AvgIpc) is 2.68. The molecule has 1 fully saturated rings. The summed E-state index contributed by atoms with van der Waals surface area (Å²) in [5, 5.41) is 33.6. The second-order valence-electron chi connectivity index (χ2n) is 9.06. The minimum atomic E-state index is -0.633. The number of methoxy groups -OCH3 is 1. The molecule has 1 aromatic carbocycles. The quantitative estimate of drug-likeness (QED) is 0.228. The first-order valence-corrected chi connectivity index (χ1v) is 10.7. The van der Waals surface area contributed by atoms with Crippen LogP contribution in [0, 0.1) is 18.3 Å². The highest BCUT2D eigenvalue weighted by molar-refractivity contribution is 6.33. The number of rotatable bonds is 6. The van der Waals surface area contributed by atoms with E-state index in [0.29, 0.717) is 39.8 Å². The number of aromatic hydroxyl groups is 1. The summed E-state index contributed by atoms with van der Waals surface area (Å²) in [5.74, 6) is 0.893. The van der Waals surface area contributed by atoms with E-state index in [1.807, 2.05) is 19.9 Å². The van der Waals surface area contributed by atoms with Crippen molar-refractivity contribution in [1.29, 1.82) is 0 Å². The highest BCUT2D eigenvalue weighted by atomic mass is 35.5. The third-order valence-corrected chi connectivity index (χ3v) is 6.95. The predicted octanol–water partition coefficient (Wildman–Crippen LogP) is 5.79. The van der Waals surface area contributed by atoms with Crippen molar-refractivity contribution in [3.8, 4) is 11.5 Å². The number of benzene rings is 1. The van der Waals surface area contributed by atoms with Crippen molar-refractivity contribution in [3.63, 3.8) is 0 Å². The standard InChI is InChI=1S/C24H34ClNO4/c1-15(9-11-23(4)14-24(5,28)12-10-16(23)2)7-8-18-21(27)19(13-26-29)17(3)20(25)22(18)30-6/h7,9,11,13,16,27-29H,8,10,12,14H2,1-6H3/b11-9+,15-7+,26-13+/t16-,23-,24+/m1/s1. The van der Waals surface area contributed by atoms with Crippen molar-refractivity contribution in [1.82, 2.24) is 0 Å². The zero-order valence-corrected chi connectivity index (χ0v) is 19.5. The average molecular weight is 436 g/mol. The number of aliphatic hydroxyl groups is 1. The number of hydrogen-bond acceptors (Lipinski definition) is 5. The Morgan fingerprint density at radius 2 is 2.03 bits per heavy atom. The highest BCUT2D eigenvalue weighted by Crippen LogP contribution is 2.46. The number of nitrogens with zero attached hydrogens (tertiary/aromatic N) is 1. The Morgan fingerprint density at radius 1 is 1.37 bits per heavy atom. The van der Waals surface area contributed by atoms with E-state index < -0.39 is 5.60 Å². The van der Waals surface area contributed by atoms with Gasteiger partial charge < -0.3 is 20.2 Å². The normalized spacial score (nSPS) is 27.9. The zero-order valence-electron chi connectivity index (χ0n) is 18.8. The summed E-state index contributed by atoms with van der Waals surface area (Å²) >= 11 is 6.41. The Bertz CT molecular complexity index is 873. The lowest BCUT2D eigenvalue weighted by molar-refractivity contribution is -0.0364. The van der Waals surface area contributed by atoms with Crippen LogP contribution in [0.2, 0.25) is 5.02 Å². The Labute approximate surface area is 184 Å². The molecule has 166 valence electrons. The fourth-order valence-electron chi connectivity index (χ4n) is 4.30. The zero-order chi connectivity index (χ0) is 22.7. The van der Waals surface area contributed by atoms with Gasteiger partial charge in [-0.2, -0.15) is 0 Å². The van der Waals surface area contributed by atoms with Gasteiger partial charge in [0.2, 0.25) is 0 Å². The fourth-order valence-corrected chi connectivity index (χ4v) is 4.60. The lowest BCUT2D eigenvalue weighted by atomic mass is 9.63. The van der Waals surface area contributed by atoms with E-state index in [9.17, 15) is 10.2 Å². The minimum Gasteiger partial charge on any atom is -0.507 e. The van der Waals surface area contributed by atoms with Gasteiger partial charge in [0.05, 0.1) is 23.9 Å². The maximum Gasteiger partial charge on any atom is 0.144 e. The first-order valence-electron chi connectivity index (χ1n) is 10.3. The van der Waals surface area contributed by atoms with Crippen LogP contribution in [0.25, 0.3) is 0 Å². The van der Waals surface area contributed by atoms with E-state index in [2.05, 4.69) is 31.2 Å². The van der Waals surface area contributed by atoms with Crippen molar-refractivity contribution < 1.29 is 20.2 Å². The van der Waals surface area contributed by atoms with Crippen molar-refractivity contribution in [3.05, 3.63) is 45.5 Å². The molecule has 0 spiro atoms. The maximum atomic E-state index is 10.7. The van der Waals surface area contributed by atoms with Crippen LogP contribution >= 0.6 is 11.6 Å². The van der Waals surface area contributed by atoms with Gasteiger partial charge in [0.1, 0.15) is 11.5 Å². The van der Waals surface area contributed by atoms with Crippen LogP contribution in [0.1, 0.15) is 63.6 Å². The smallest absolute Gasteiger partial charge is 0.144 e. The van der Waals surface area contributed by atoms with Crippen LogP contribution in [0.5, 0.6) is 11.5 Å². The number of hydrogen-bond donors (Lipinski definition) is 3. The molecule has 0 aromatic heterocycles. The van der Waals surface area contributed by atoms with Crippen molar-refractivity contribution in [2.24, 2.45) is 16.5 Å². The molecule has 0 radical (unpaired) electrons. The maximum absolute atomic E-state index is 10.7. The van der Waals surface area contributed by atoms with Gasteiger partial charge in [-0.15, -0.1) is 0 Å². The number of ether oxygens (including phenoxy) is 1. The van der Waals surface area contributed by atoms with Gasteiger partial charge in [0.15, 0.2) is 0 Å².